The highest BCUT2D eigenvalue weighted by molar-refractivity contribution is 8.03. The van der Waals surface area contributed by atoms with E-state index >= 15 is 0 Å². The lowest BCUT2D eigenvalue weighted by atomic mass is 9.78. The molecule has 3 amide bonds. The minimum Gasteiger partial charge on any atom is -0.477 e. The number of nitrogens with one attached hydrogen (secondary N) is 2. The number of likely N-dealkylation sites (tertiary alicyclic amines) is 2. The number of β-lactam (4-membered cyclic amide) rings is 1. The smallest absolute Gasteiger partial charge is 0.353 e. The third-order valence-corrected chi connectivity index (χ3v) is 11.3. The van der Waals surface area contributed by atoms with Crippen LogP contribution in [0, 0.1) is 17.8 Å². The Morgan fingerprint density at radius 1 is 1.29 bits per heavy atom. The Bertz CT molecular complexity index is 1300. The molecule has 8 atom stereocenters. The number of carboxylic acid groups (broad SMARTS) is 1. The standard InChI is InChI=1S/C27H39N9O5S/c1-14-22-21(15(2)30-20(37)11-33-13-29-31-32-33)26(39)35(22)23(27(40)41)24(14)42-17-9-18(28-10-17)25(38)34-7-5-16-12-36(3,4)8-6-19(16)34/h13-19,21-22,28H,5-12H2,1-4H3,(H-,30,37,40,41)/p+1/t14-,15-,16?,17+,18+,19?,21-,22-/m1/s1. The van der Waals surface area contributed by atoms with E-state index in [1.807, 2.05) is 6.92 Å². The fourth-order valence-electron chi connectivity index (χ4n) is 7.85. The number of carboxylic acids is 1. The summed E-state index contributed by atoms with van der Waals surface area (Å²) in [5.41, 5.74) is 0.0334. The normalized spacial score (nSPS) is 34.2. The number of nitrogens with zero attached hydrogens (tertiary/aromatic N) is 7. The third-order valence-electron chi connectivity index (χ3n) is 9.83. The molecule has 0 aromatic carbocycles. The van der Waals surface area contributed by atoms with Crippen LogP contribution < -0.4 is 10.6 Å². The SMILES string of the molecule is C[C@@H](NC(=O)Cn1cnnn1)[C@H]1C(=O)N2C(C(=O)O)=C(S[C@@H]3CN[C@H](C(=O)N4CCC5C[N+](C)(C)CCC54)C3)[C@H](C)[C@H]12. The van der Waals surface area contributed by atoms with Crippen LogP contribution in [0.2, 0.25) is 0 Å². The van der Waals surface area contributed by atoms with Crippen LogP contribution in [0.25, 0.3) is 0 Å². The molecule has 3 N–H and O–H groups in total. The molecule has 0 aliphatic carbocycles. The molecule has 0 saturated carbocycles. The minimum atomic E-state index is -1.13. The van der Waals surface area contributed by atoms with Gasteiger partial charge in [-0.3, -0.25) is 14.4 Å². The molecule has 4 saturated heterocycles. The highest BCUT2D eigenvalue weighted by Gasteiger charge is 2.60. The second-order valence-corrected chi connectivity index (χ2v) is 14.5. The number of carbonyl (C=O) groups excluding carboxylic acids is 3. The fourth-order valence-corrected chi connectivity index (χ4v) is 9.33. The van der Waals surface area contributed by atoms with Gasteiger partial charge in [-0.2, -0.15) is 0 Å². The van der Waals surface area contributed by atoms with Crippen LogP contribution in [0.5, 0.6) is 0 Å². The Morgan fingerprint density at radius 3 is 2.79 bits per heavy atom. The first-order valence-electron chi connectivity index (χ1n) is 14.8. The van der Waals surface area contributed by atoms with E-state index in [9.17, 15) is 24.3 Å². The molecule has 15 heteroatoms. The molecule has 42 heavy (non-hydrogen) atoms. The second-order valence-electron chi connectivity index (χ2n) is 13.1. The van der Waals surface area contributed by atoms with Crippen LogP contribution in [0.1, 0.15) is 33.1 Å². The number of tetrazole rings is 1. The summed E-state index contributed by atoms with van der Waals surface area (Å²) >= 11 is 1.48. The number of amides is 3. The molecule has 6 heterocycles. The van der Waals surface area contributed by atoms with Gasteiger partial charge in [-0.05, 0) is 30.2 Å². The first-order chi connectivity index (χ1) is 19.9. The monoisotopic (exact) mass is 602 g/mol. The highest BCUT2D eigenvalue weighted by atomic mass is 32.2. The number of rotatable bonds is 8. The van der Waals surface area contributed by atoms with Crippen molar-refractivity contribution >= 4 is 35.5 Å². The number of fused-ring (bicyclic) bond motifs is 2. The van der Waals surface area contributed by atoms with Crippen LogP contribution in [0.3, 0.4) is 0 Å². The van der Waals surface area contributed by atoms with Gasteiger partial charge in [-0.25, -0.2) is 9.48 Å². The zero-order valence-electron chi connectivity index (χ0n) is 24.5. The first-order valence-corrected chi connectivity index (χ1v) is 15.7. The van der Waals surface area contributed by atoms with E-state index in [0.717, 1.165) is 37.0 Å². The number of quaternary nitrogens is 1. The molecule has 5 aliphatic rings. The molecule has 0 spiro atoms. The van der Waals surface area contributed by atoms with Gasteiger partial charge in [-0.15, -0.1) is 16.9 Å². The van der Waals surface area contributed by atoms with Gasteiger partial charge in [0, 0.05) is 53.6 Å². The van der Waals surface area contributed by atoms with Gasteiger partial charge in [0.1, 0.15) is 18.6 Å². The summed E-state index contributed by atoms with van der Waals surface area (Å²) in [5.74, 6) is -1.80. The summed E-state index contributed by atoms with van der Waals surface area (Å²) in [7, 11) is 4.53. The largest absolute Gasteiger partial charge is 0.477 e. The van der Waals surface area contributed by atoms with Crippen LogP contribution in [-0.4, -0.2) is 133 Å². The molecule has 0 radical (unpaired) electrons. The van der Waals surface area contributed by atoms with E-state index in [1.54, 1.807) is 6.92 Å². The third kappa shape index (κ3) is 5.08. The topological polar surface area (TPSA) is 163 Å². The maximum absolute atomic E-state index is 13.6. The maximum atomic E-state index is 13.6. The van der Waals surface area contributed by atoms with Crippen LogP contribution in [0.4, 0.5) is 0 Å². The van der Waals surface area contributed by atoms with Gasteiger partial charge in [0.05, 0.1) is 45.2 Å². The van der Waals surface area contributed by atoms with Crippen molar-refractivity contribution in [1.29, 1.82) is 0 Å². The van der Waals surface area contributed by atoms with Crippen molar-refractivity contribution in [3.63, 3.8) is 0 Å². The van der Waals surface area contributed by atoms with Crippen LogP contribution in [-0.2, 0) is 25.7 Å². The Hall–Kier alpha value is -3.04. The minimum absolute atomic E-state index is 0.0202. The van der Waals surface area contributed by atoms with Crippen LogP contribution >= 0.6 is 11.8 Å². The molecular formula is C27H40N9O5S+. The van der Waals surface area contributed by atoms with Crippen molar-refractivity contribution in [3.05, 3.63) is 16.9 Å². The summed E-state index contributed by atoms with van der Waals surface area (Å²) < 4.78 is 2.30. The van der Waals surface area contributed by atoms with Crippen molar-refractivity contribution in [2.45, 2.75) is 69.1 Å². The number of piperidine rings is 1. The lowest BCUT2D eigenvalue weighted by Crippen LogP contribution is -2.66. The number of thioether (sulfide) groups is 1. The number of hydrogen-bond acceptors (Lipinski definition) is 9. The van der Waals surface area contributed by atoms with E-state index in [1.165, 1.54) is 27.7 Å². The number of carbonyl (C=O) groups is 4. The zero-order chi connectivity index (χ0) is 29.9. The molecule has 2 unspecified atom stereocenters. The molecule has 1 aromatic heterocycles. The summed E-state index contributed by atoms with van der Waals surface area (Å²) in [6.45, 7) is 7.22. The summed E-state index contributed by atoms with van der Waals surface area (Å²) in [6, 6.07) is -0.807. The van der Waals surface area contributed by atoms with Gasteiger partial charge < -0.3 is 30.0 Å². The number of aromatic nitrogens is 4. The van der Waals surface area contributed by atoms with Crippen molar-refractivity contribution < 1.29 is 28.8 Å². The fraction of sp³-hybridized carbons (Fsp3) is 0.741. The van der Waals surface area contributed by atoms with Gasteiger partial charge >= 0.3 is 5.97 Å². The van der Waals surface area contributed by atoms with E-state index in [-0.39, 0.29) is 53.2 Å². The summed E-state index contributed by atoms with van der Waals surface area (Å²) in [5, 5.41) is 27.1. The summed E-state index contributed by atoms with van der Waals surface area (Å²) in [6.07, 6.45) is 4.04. The lowest BCUT2D eigenvalue weighted by molar-refractivity contribution is -0.899. The van der Waals surface area contributed by atoms with E-state index in [0.29, 0.717) is 29.8 Å². The average Bonchev–Trinajstić information content (AvgIpc) is 3.71. The second kappa shape index (κ2) is 10.9. The predicted molar refractivity (Wildman–Crippen MR) is 151 cm³/mol. The van der Waals surface area contributed by atoms with E-state index in [2.05, 4.69) is 45.2 Å². The molecule has 1 aromatic rings. The molecule has 4 fully saturated rings. The summed E-state index contributed by atoms with van der Waals surface area (Å²) in [4.78, 5) is 55.9. The van der Waals surface area contributed by atoms with Crippen molar-refractivity contribution in [2.24, 2.45) is 17.8 Å². The highest BCUT2D eigenvalue weighted by Crippen LogP contribution is 2.52. The average molecular weight is 603 g/mol. The van der Waals surface area contributed by atoms with Gasteiger partial charge in [-0.1, -0.05) is 6.92 Å². The Balaban J connectivity index is 1.08. The van der Waals surface area contributed by atoms with Crippen LogP contribution in [0.15, 0.2) is 16.9 Å². The Labute approximate surface area is 248 Å². The maximum Gasteiger partial charge on any atom is 0.353 e. The molecule has 5 aliphatic heterocycles. The molecule has 14 nitrogen and oxygen atoms in total. The first kappa shape index (κ1) is 29.1. The van der Waals surface area contributed by atoms with Crippen molar-refractivity contribution in [1.82, 2.24) is 40.6 Å². The lowest BCUT2D eigenvalue weighted by Gasteiger charge is -2.47. The van der Waals surface area contributed by atoms with E-state index in [4.69, 9.17) is 0 Å². The van der Waals surface area contributed by atoms with Gasteiger partial charge in [0.25, 0.3) is 0 Å². The number of hydrogen-bond donors (Lipinski definition) is 3. The Morgan fingerprint density at radius 2 is 2.07 bits per heavy atom. The van der Waals surface area contributed by atoms with Crippen molar-refractivity contribution in [3.8, 4) is 0 Å². The molecule has 6 rings (SSSR count). The van der Waals surface area contributed by atoms with Gasteiger partial charge in [0.2, 0.25) is 17.7 Å². The molecule has 0 bridgehead atoms. The van der Waals surface area contributed by atoms with Crippen molar-refractivity contribution in [2.75, 3.05) is 40.3 Å². The quantitative estimate of drug-likeness (QED) is 0.251. The zero-order valence-corrected chi connectivity index (χ0v) is 25.3. The molecular weight excluding hydrogens is 562 g/mol. The van der Waals surface area contributed by atoms with Gasteiger partial charge in [0.15, 0.2) is 0 Å². The Kier molecular flexibility index (Phi) is 7.54. The number of aliphatic carboxylic acids is 1. The predicted octanol–water partition coefficient (Wildman–Crippen LogP) is -0.888. The molecule has 228 valence electrons. The van der Waals surface area contributed by atoms with E-state index < -0.39 is 17.9 Å².